The summed E-state index contributed by atoms with van der Waals surface area (Å²) in [7, 11) is 0. The molecule has 0 aromatic heterocycles. The molecule has 0 N–H and O–H groups in total. The van der Waals surface area contributed by atoms with Crippen molar-refractivity contribution in [3.05, 3.63) is 0 Å². The van der Waals surface area contributed by atoms with Gasteiger partial charge < -0.3 is 0 Å². The molecule has 0 saturated carbocycles. The van der Waals surface area contributed by atoms with E-state index in [1.54, 1.807) is 4.58 Å². The second-order valence-electron chi connectivity index (χ2n) is 2.25. The van der Waals surface area contributed by atoms with Crippen LogP contribution in [0.5, 0.6) is 0 Å². The maximum Gasteiger partial charge on any atom is 0.386 e. The van der Waals surface area contributed by atoms with E-state index in [1.165, 1.54) is 0 Å². The van der Waals surface area contributed by atoms with E-state index in [2.05, 4.69) is 6.72 Å². The van der Waals surface area contributed by atoms with Crippen LogP contribution in [0.15, 0.2) is 0 Å². The third kappa shape index (κ3) is 0.661. The fraction of sp³-hybridized carbons (Fsp3) is 0.667. The lowest BCUT2D eigenvalue weighted by molar-refractivity contribution is -0.459. The van der Waals surface area contributed by atoms with E-state index in [0.29, 0.717) is 12.5 Å². The van der Waals surface area contributed by atoms with E-state index in [1.807, 2.05) is 6.92 Å². The molecule has 0 spiro atoms. The number of carbonyl (C=O) groups excluding carboxylic acids is 1. The second kappa shape index (κ2) is 1.69. The highest BCUT2D eigenvalue weighted by atomic mass is 16.2. The van der Waals surface area contributed by atoms with Gasteiger partial charge in [-0.3, -0.25) is 0 Å². The Balaban J connectivity index is 2.71. The molecule has 0 aromatic carbocycles. The Hall–Kier alpha value is -0.660. The molecule has 1 amide bonds. The normalized spacial score (nSPS) is 29.4. The highest BCUT2D eigenvalue weighted by Gasteiger charge is 2.30. The van der Waals surface area contributed by atoms with E-state index in [4.69, 9.17) is 0 Å². The minimum atomic E-state index is 0.178. The highest BCUT2D eigenvalue weighted by Crippen LogP contribution is 2.10. The minimum absolute atomic E-state index is 0.178. The molecule has 0 aromatic rings. The SMILES string of the molecule is C=[N+]1C(=O)CCC1C. The Morgan fingerprint density at radius 1 is 1.88 bits per heavy atom. The third-order valence-electron chi connectivity index (χ3n) is 1.63. The van der Waals surface area contributed by atoms with Crippen LogP contribution in [0.2, 0.25) is 0 Å². The van der Waals surface area contributed by atoms with Crippen molar-refractivity contribution in [2.45, 2.75) is 25.8 Å². The predicted molar refractivity (Wildman–Crippen MR) is 31.1 cm³/mol. The Morgan fingerprint density at radius 3 is 2.62 bits per heavy atom. The first-order valence-corrected chi connectivity index (χ1v) is 2.84. The summed E-state index contributed by atoms with van der Waals surface area (Å²) in [5.41, 5.74) is 0. The van der Waals surface area contributed by atoms with Gasteiger partial charge in [0.2, 0.25) is 0 Å². The molecule has 1 saturated heterocycles. The molecule has 0 aliphatic carbocycles. The first kappa shape index (κ1) is 5.48. The number of hydrogen-bond acceptors (Lipinski definition) is 1. The standard InChI is InChI=1S/C6H10NO/c1-5-3-4-6(8)7(5)2/h5H,2-4H2,1H3/q+1. The molecule has 2 nitrogen and oxygen atoms in total. The highest BCUT2D eigenvalue weighted by molar-refractivity contribution is 5.70. The molecule has 1 aliphatic rings. The zero-order chi connectivity index (χ0) is 6.15. The van der Waals surface area contributed by atoms with Crippen LogP contribution in [0.4, 0.5) is 0 Å². The molecule has 1 fully saturated rings. The maximum absolute atomic E-state index is 10.6. The number of nitrogens with zero attached hydrogens (tertiary/aromatic N) is 1. The molecule has 0 bridgehead atoms. The van der Waals surface area contributed by atoms with E-state index in [-0.39, 0.29) is 5.91 Å². The van der Waals surface area contributed by atoms with Crippen LogP contribution in [-0.2, 0) is 4.79 Å². The quantitative estimate of drug-likeness (QED) is 0.415. The average molecular weight is 112 g/mol. The molecule has 1 atom stereocenters. The number of hydrogen-bond donors (Lipinski definition) is 0. The summed E-state index contributed by atoms with van der Waals surface area (Å²) >= 11 is 0. The maximum atomic E-state index is 10.6. The number of rotatable bonds is 0. The zero-order valence-electron chi connectivity index (χ0n) is 5.05. The Kier molecular flexibility index (Phi) is 1.16. The Labute approximate surface area is 48.8 Å². The lowest BCUT2D eigenvalue weighted by Gasteiger charge is -1.90. The van der Waals surface area contributed by atoms with Crippen molar-refractivity contribution < 1.29 is 9.37 Å². The summed E-state index contributed by atoms with van der Waals surface area (Å²) < 4.78 is 1.56. The van der Waals surface area contributed by atoms with Crippen LogP contribution in [-0.4, -0.2) is 23.2 Å². The molecule has 44 valence electrons. The van der Waals surface area contributed by atoms with E-state index in [9.17, 15) is 4.79 Å². The van der Waals surface area contributed by atoms with Crippen molar-refractivity contribution in [1.29, 1.82) is 0 Å². The summed E-state index contributed by atoms with van der Waals surface area (Å²) in [6.07, 6.45) is 1.66. The molecule has 1 rings (SSSR count). The van der Waals surface area contributed by atoms with Gasteiger partial charge in [0.05, 0.1) is 6.42 Å². The summed E-state index contributed by atoms with van der Waals surface area (Å²) in [6, 6.07) is 0.363. The van der Waals surface area contributed by atoms with Crippen molar-refractivity contribution in [3.8, 4) is 0 Å². The van der Waals surface area contributed by atoms with Crippen molar-refractivity contribution in [1.82, 2.24) is 0 Å². The van der Waals surface area contributed by atoms with Crippen LogP contribution < -0.4 is 0 Å². The summed E-state index contributed by atoms with van der Waals surface area (Å²) in [5, 5.41) is 0. The zero-order valence-corrected chi connectivity index (χ0v) is 5.05. The van der Waals surface area contributed by atoms with Crippen LogP contribution in [0.25, 0.3) is 0 Å². The summed E-state index contributed by atoms with van der Waals surface area (Å²) in [4.78, 5) is 10.6. The fourth-order valence-corrected chi connectivity index (χ4v) is 0.878. The summed E-state index contributed by atoms with van der Waals surface area (Å²) in [5.74, 6) is 0.178. The Bertz CT molecular complexity index is 139. The third-order valence-corrected chi connectivity index (χ3v) is 1.63. The van der Waals surface area contributed by atoms with Gasteiger partial charge in [0.25, 0.3) is 0 Å². The molecule has 0 radical (unpaired) electrons. The lowest BCUT2D eigenvalue weighted by atomic mass is 10.3. The van der Waals surface area contributed by atoms with Crippen LogP contribution in [0, 0.1) is 0 Å². The van der Waals surface area contributed by atoms with E-state index < -0.39 is 0 Å². The van der Waals surface area contributed by atoms with Gasteiger partial charge in [0.15, 0.2) is 6.04 Å². The van der Waals surface area contributed by atoms with Crippen LogP contribution >= 0.6 is 0 Å². The molecule has 1 unspecified atom stereocenters. The van der Waals surface area contributed by atoms with Crippen LogP contribution in [0.3, 0.4) is 0 Å². The molecule has 1 aliphatic heterocycles. The summed E-state index contributed by atoms with van der Waals surface area (Å²) in [6.45, 7) is 5.60. The molecule has 2 heteroatoms. The monoisotopic (exact) mass is 112 g/mol. The fourth-order valence-electron chi connectivity index (χ4n) is 0.878. The van der Waals surface area contributed by atoms with Gasteiger partial charge in [-0.2, -0.15) is 4.58 Å². The van der Waals surface area contributed by atoms with Crippen molar-refractivity contribution >= 4 is 12.6 Å². The average Bonchev–Trinajstić information content (AvgIpc) is 1.98. The van der Waals surface area contributed by atoms with Gasteiger partial charge in [0.1, 0.15) is 6.72 Å². The second-order valence-corrected chi connectivity index (χ2v) is 2.25. The van der Waals surface area contributed by atoms with Gasteiger partial charge in [0, 0.05) is 6.42 Å². The molecule has 1 heterocycles. The lowest BCUT2D eigenvalue weighted by Crippen LogP contribution is -2.17. The first-order chi connectivity index (χ1) is 3.72. The molecule has 8 heavy (non-hydrogen) atoms. The Morgan fingerprint density at radius 2 is 2.50 bits per heavy atom. The van der Waals surface area contributed by atoms with Gasteiger partial charge in [-0.15, -0.1) is 0 Å². The van der Waals surface area contributed by atoms with Crippen molar-refractivity contribution in [2.24, 2.45) is 0 Å². The van der Waals surface area contributed by atoms with Gasteiger partial charge in [-0.05, 0) is 6.92 Å². The van der Waals surface area contributed by atoms with Crippen molar-refractivity contribution in [3.63, 3.8) is 0 Å². The largest absolute Gasteiger partial charge is 0.386 e. The number of carbonyl (C=O) groups is 1. The number of amides is 1. The smallest absolute Gasteiger partial charge is 0.220 e. The van der Waals surface area contributed by atoms with E-state index in [0.717, 1.165) is 6.42 Å². The van der Waals surface area contributed by atoms with Gasteiger partial charge in [-0.1, -0.05) is 0 Å². The molecular formula is C6H10NO+. The van der Waals surface area contributed by atoms with E-state index >= 15 is 0 Å². The first-order valence-electron chi connectivity index (χ1n) is 2.84. The minimum Gasteiger partial charge on any atom is -0.220 e. The van der Waals surface area contributed by atoms with Crippen molar-refractivity contribution in [2.75, 3.05) is 0 Å². The van der Waals surface area contributed by atoms with Gasteiger partial charge in [-0.25, -0.2) is 4.79 Å². The van der Waals surface area contributed by atoms with Crippen LogP contribution in [0.1, 0.15) is 19.8 Å². The topological polar surface area (TPSA) is 20.1 Å². The van der Waals surface area contributed by atoms with Gasteiger partial charge >= 0.3 is 5.91 Å². The predicted octanol–water partition coefficient (Wildman–Crippen LogP) is 0.408. The molecular weight excluding hydrogens is 102 g/mol.